The van der Waals surface area contributed by atoms with Gasteiger partial charge in [0.15, 0.2) is 0 Å². The Kier molecular flexibility index (Phi) is 15.1. The van der Waals surface area contributed by atoms with Gasteiger partial charge in [-0.15, -0.1) is 0 Å². The van der Waals surface area contributed by atoms with Crippen LogP contribution in [0.5, 0.6) is 0 Å². The average Bonchev–Trinajstić information content (AvgIpc) is 2.61. The number of hydrogen-bond donors (Lipinski definition) is 1. The molecule has 0 aromatic rings. The molecule has 0 spiro atoms. The van der Waals surface area contributed by atoms with Gasteiger partial charge in [-0.05, 0) is 31.8 Å². The van der Waals surface area contributed by atoms with Crippen molar-refractivity contribution < 1.29 is 9.90 Å². The topological polar surface area (TPSA) is 37.3 Å². The molecular formula is C10H20O2. The molecule has 0 saturated carbocycles. The van der Waals surface area contributed by atoms with Gasteiger partial charge < -0.3 is 5.11 Å². The van der Waals surface area contributed by atoms with E-state index in [0.29, 0.717) is 0 Å². The molecule has 72 valence electrons. The number of carbonyl (C=O) groups is 1. The summed E-state index contributed by atoms with van der Waals surface area (Å²) in [6, 6.07) is 0. The molecule has 0 fully saturated rings. The largest absolute Gasteiger partial charge is 0.397 e. The second-order valence-corrected chi connectivity index (χ2v) is 2.11. The monoisotopic (exact) mass is 172 g/mol. The van der Waals surface area contributed by atoms with Crippen LogP contribution in [0.3, 0.4) is 0 Å². The first kappa shape index (κ1) is 13.9. The summed E-state index contributed by atoms with van der Waals surface area (Å²) in [5.41, 5.74) is 0.986. The van der Waals surface area contributed by atoms with E-state index >= 15 is 0 Å². The second-order valence-electron chi connectivity index (χ2n) is 2.11. The molecule has 12 heavy (non-hydrogen) atoms. The Morgan fingerprint density at radius 1 is 1.58 bits per heavy atom. The third-order valence-corrected chi connectivity index (χ3v) is 1.23. The molecule has 0 saturated heterocycles. The molecule has 0 bridgehead atoms. The zero-order valence-corrected chi connectivity index (χ0v) is 8.34. The van der Waals surface area contributed by atoms with Crippen molar-refractivity contribution in [3.8, 4) is 0 Å². The van der Waals surface area contributed by atoms with Gasteiger partial charge in [-0.25, -0.2) is 0 Å². The van der Waals surface area contributed by atoms with Crippen LogP contribution in [0.15, 0.2) is 11.6 Å². The minimum absolute atomic E-state index is 0.250. The van der Waals surface area contributed by atoms with Crippen LogP contribution in [-0.2, 0) is 4.79 Å². The molecule has 0 aliphatic heterocycles. The van der Waals surface area contributed by atoms with Crippen LogP contribution in [0.1, 0.15) is 40.0 Å². The minimum Gasteiger partial charge on any atom is -0.397 e. The summed E-state index contributed by atoms with van der Waals surface area (Å²) in [5, 5.41) is 7.57. The Labute approximate surface area is 75.3 Å². The van der Waals surface area contributed by atoms with E-state index < -0.39 is 0 Å². The molecule has 2 nitrogen and oxygen atoms in total. The van der Waals surface area contributed by atoms with Crippen LogP contribution in [0.2, 0.25) is 0 Å². The normalized spacial score (nSPS) is 13.2. The smallest absolute Gasteiger partial charge is 0.145 e. The molecule has 0 aromatic carbocycles. The molecule has 0 radical (unpaired) electrons. The minimum atomic E-state index is 0.250. The van der Waals surface area contributed by atoms with Crippen LogP contribution in [0.4, 0.5) is 0 Å². The maximum absolute atomic E-state index is 9.94. The van der Waals surface area contributed by atoms with Gasteiger partial charge >= 0.3 is 0 Å². The summed E-state index contributed by atoms with van der Waals surface area (Å²) in [5.74, 6) is 0. The van der Waals surface area contributed by atoms with E-state index in [-0.39, 0.29) is 6.61 Å². The summed E-state index contributed by atoms with van der Waals surface area (Å²) in [4.78, 5) is 9.94. The summed E-state index contributed by atoms with van der Waals surface area (Å²) >= 11 is 0. The van der Waals surface area contributed by atoms with Gasteiger partial charge in [0.2, 0.25) is 0 Å². The summed E-state index contributed by atoms with van der Waals surface area (Å²) in [7, 11) is 0. The second kappa shape index (κ2) is 13.0. The fourth-order valence-corrected chi connectivity index (χ4v) is 0.803. The Hall–Kier alpha value is -0.630. The molecule has 1 rings (SSSR count). The predicted octanol–water partition coefficient (Wildman–Crippen LogP) is 2.32. The Balaban J connectivity index is 0. The lowest BCUT2D eigenvalue weighted by Crippen LogP contribution is -1.73. The molecule has 2 heteroatoms. The first-order valence-electron chi connectivity index (χ1n) is 4.60. The van der Waals surface area contributed by atoms with Gasteiger partial charge in [0, 0.05) is 6.61 Å². The first-order valence-corrected chi connectivity index (χ1v) is 4.60. The highest BCUT2D eigenvalue weighted by molar-refractivity contribution is 5.73. The third kappa shape index (κ3) is 9.37. The van der Waals surface area contributed by atoms with Crippen molar-refractivity contribution in [2.45, 2.75) is 40.0 Å². The number of aliphatic hydroxyl groups is 1. The maximum Gasteiger partial charge on any atom is 0.145 e. The predicted molar refractivity (Wildman–Crippen MR) is 52.1 cm³/mol. The van der Waals surface area contributed by atoms with Crippen molar-refractivity contribution in [2.75, 3.05) is 6.61 Å². The van der Waals surface area contributed by atoms with Crippen molar-refractivity contribution >= 4 is 6.29 Å². The number of allylic oxidation sites excluding steroid dienone is 2. The van der Waals surface area contributed by atoms with Gasteiger partial charge in [-0.3, -0.25) is 4.79 Å². The molecule has 1 aliphatic rings. The number of aldehydes is 1. The number of carbonyl (C=O) groups excluding carboxylic acids is 1. The molecule has 0 atom stereocenters. The van der Waals surface area contributed by atoms with Crippen LogP contribution in [0.25, 0.3) is 0 Å². The average molecular weight is 172 g/mol. The van der Waals surface area contributed by atoms with Crippen molar-refractivity contribution in [1.29, 1.82) is 0 Å². The molecule has 0 aromatic heterocycles. The summed E-state index contributed by atoms with van der Waals surface area (Å²) in [6.45, 7) is 5.93. The van der Waals surface area contributed by atoms with E-state index in [2.05, 4.69) is 0 Å². The van der Waals surface area contributed by atoms with E-state index in [1.807, 2.05) is 19.9 Å². The van der Waals surface area contributed by atoms with E-state index in [0.717, 1.165) is 24.7 Å². The Bertz CT molecular complexity index is 117. The van der Waals surface area contributed by atoms with Crippen LogP contribution < -0.4 is 0 Å². The highest BCUT2D eigenvalue weighted by atomic mass is 16.2. The van der Waals surface area contributed by atoms with Crippen molar-refractivity contribution in [3.63, 3.8) is 0 Å². The molecular weight excluding hydrogens is 152 g/mol. The van der Waals surface area contributed by atoms with E-state index in [1.165, 1.54) is 6.42 Å². The van der Waals surface area contributed by atoms with Crippen molar-refractivity contribution in [2.24, 2.45) is 0 Å². The highest BCUT2D eigenvalue weighted by Gasteiger charge is 1.99. The zero-order chi connectivity index (χ0) is 9.82. The van der Waals surface area contributed by atoms with E-state index in [9.17, 15) is 4.79 Å². The third-order valence-electron chi connectivity index (χ3n) is 1.23. The van der Waals surface area contributed by atoms with E-state index in [4.69, 9.17) is 5.11 Å². The quantitative estimate of drug-likeness (QED) is 0.616. The SMILES string of the molecule is CC.CCO.O=CC1=CCCC1. The number of aliphatic hydroxyl groups excluding tert-OH is 1. The summed E-state index contributed by atoms with van der Waals surface area (Å²) in [6.07, 6.45) is 6.24. The lowest BCUT2D eigenvalue weighted by Gasteiger charge is -1.79. The van der Waals surface area contributed by atoms with Gasteiger partial charge in [-0.1, -0.05) is 19.9 Å². The molecule has 1 aliphatic carbocycles. The van der Waals surface area contributed by atoms with Gasteiger partial charge in [0.05, 0.1) is 0 Å². The fraction of sp³-hybridized carbons (Fsp3) is 0.700. The molecule has 0 unspecified atom stereocenters. The van der Waals surface area contributed by atoms with Gasteiger partial charge in [0.1, 0.15) is 6.29 Å². The van der Waals surface area contributed by atoms with Crippen LogP contribution in [-0.4, -0.2) is 18.0 Å². The van der Waals surface area contributed by atoms with Gasteiger partial charge in [0.25, 0.3) is 0 Å². The van der Waals surface area contributed by atoms with Crippen LogP contribution >= 0.6 is 0 Å². The highest BCUT2D eigenvalue weighted by Crippen LogP contribution is 2.14. The fourth-order valence-electron chi connectivity index (χ4n) is 0.803. The number of rotatable bonds is 1. The molecule has 0 amide bonds. The Morgan fingerprint density at radius 3 is 2.25 bits per heavy atom. The van der Waals surface area contributed by atoms with Gasteiger partial charge in [-0.2, -0.15) is 0 Å². The van der Waals surface area contributed by atoms with Crippen molar-refractivity contribution in [3.05, 3.63) is 11.6 Å². The molecule has 1 N–H and O–H groups in total. The lowest BCUT2D eigenvalue weighted by molar-refractivity contribution is -0.105. The zero-order valence-electron chi connectivity index (χ0n) is 8.34. The standard InChI is InChI=1S/C6H8O.C2H6O.C2H6/c7-5-6-3-1-2-4-6;1-2-3;1-2/h3,5H,1-2,4H2;3H,2H2,1H3;1-2H3. The first-order chi connectivity index (χ1) is 5.85. The number of hydrogen-bond acceptors (Lipinski definition) is 2. The van der Waals surface area contributed by atoms with E-state index in [1.54, 1.807) is 6.92 Å². The molecule has 0 heterocycles. The summed E-state index contributed by atoms with van der Waals surface area (Å²) < 4.78 is 0. The van der Waals surface area contributed by atoms with Crippen LogP contribution in [0, 0.1) is 0 Å². The maximum atomic E-state index is 9.94. The lowest BCUT2D eigenvalue weighted by atomic mass is 10.3. The van der Waals surface area contributed by atoms with Crippen molar-refractivity contribution in [1.82, 2.24) is 0 Å². The Morgan fingerprint density at radius 2 is 2.08 bits per heavy atom.